The summed E-state index contributed by atoms with van der Waals surface area (Å²) in [6, 6.07) is 40.9. The van der Waals surface area contributed by atoms with Crippen molar-refractivity contribution in [3.63, 3.8) is 0 Å². The van der Waals surface area contributed by atoms with Crippen molar-refractivity contribution in [3.05, 3.63) is 126 Å². The maximum atomic E-state index is 11.4. The van der Waals surface area contributed by atoms with E-state index in [9.17, 15) is 5.11 Å². The largest absolute Gasteiger partial charge is 0.507 e. The van der Waals surface area contributed by atoms with Crippen LogP contribution in [0, 0.1) is 0 Å². The predicted octanol–water partition coefficient (Wildman–Crippen LogP) is 9.70. The molecule has 0 radical (unpaired) electrons. The Kier molecular flexibility index (Phi) is 7.93. The lowest BCUT2D eigenvalue weighted by Gasteiger charge is -2.20. The van der Waals surface area contributed by atoms with Crippen molar-refractivity contribution in [2.75, 3.05) is 0 Å². The van der Waals surface area contributed by atoms with Crippen LogP contribution < -0.4 is 4.57 Å². The zero-order valence-corrected chi connectivity index (χ0v) is 23.4. The van der Waals surface area contributed by atoms with Gasteiger partial charge < -0.3 is 5.11 Å². The molecule has 1 N–H and O–H groups in total. The lowest BCUT2D eigenvalue weighted by Crippen LogP contribution is -2.37. The summed E-state index contributed by atoms with van der Waals surface area (Å²) in [5.41, 5.74) is 10.0. The van der Waals surface area contributed by atoms with E-state index in [-0.39, 0.29) is 11.8 Å². The van der Waals surface area contributed by atoms with Gasteiger partial charge in [0.15, 0.2) is 0 Å². The van der Waals surface area contributed by atoms with Crippen LogP contribution >= 0.6 is 0 Å². The SMILES string of the molecule is CC[C@H](C)c1cc(-[n+]2c(-c3ccccc3)cc(-c3ccccc3)cc2-c2ccccc2)cc([C@@H](C)CC)c1O. The van der Waals surface area contributed by atoms with E-state index < -0.39 is 0 Å². The molecule has 0 bridgehead atoms. The minimum absolute atomic E-state index is 0.247. The summed E-state index contributed by atoms with van der Waals surface area (Å²) in [5, 5.41) is 11.4. The highest BCUT2D eigenvalue weighted by atomic mass is 16.3. The van der Waals surface area contributed by atoms with Gasteiger partial charge in [-0.2, -0.15) is 4.57 Å². The molecule has 1 aromatic heterocycles. The molecular weight excluding hydrogens is 474 g/mol. The average Bonchev–Trinajstić information content (AvgIpc) is 3.01. The van der Waals surface area contributed by atoms with Crippen molar-refractivity contribution < 1.29 is 9.67 Å². The Balaban J connectivity index is 1.91. The molecule has 2 atom stereocenters. The van der Waals surface area contributed by atoms with Gasteiger partial charge in [-0.15, -0.1) is 0 Å². The number of hydrogen-bond acceptors (Lipinski definition) is 1. The maximum Gasteiger partial charge on any atom is 0.219 e. The molecule has 0 aliphatic heterocycles. The fraction of sp³-hybridized carbons (Fsp3) is 0.216. The third-order valence-corrected chi connectivity index (χ3v) is 8.01. The van der Waals surface area contributed by atoms with Gasteiger partial charge in [-0.05, 0) is 60.1 Å². The summed E-state index contributed by atoms with van der Waals surface area (Å²) in [5.74, 6) is 0.945. The van der Waals surface area contributed by atoms with Crippen LogP contribution in [-0.4, -0.2) is 5.11 Å². The van der Waals surface area contributed by atoms with Crippen LogP contribution in [0.3, 0.4) is 0 Å². The molecule has 4 aromatic carbocycles. The normalized spacial score (nSPS) is 12.7. The Labute approximate surface area is 233 Å². The molecule has 39 heavy (non-hydrogen) atoms. The van der Waals surface area contributed by atoms with Crippen molar-refractivity contribution in [1.29, 1.82) is 0 Å². The Morgan fingerprint density at radius 1 is 0.538 bits per heavy atom. The molecule has 196 valence electrons. The summed E-state index contributed by atoms with van der Waals surface area (Å²) in [6.45, 7) is 8.79. The quantitative estimate of drug-likeness (QED) is 0.206. The Morgan fingerprint density at radius 3 is 1.31 bits per heavy atom. The van der Waals surface area contributed by atoms with E-state index in [0.717, 1.165) is 52.2 Å². The molecule has 0 spiro atoms. The molecule has 2 heteroatoms. The highest BCUT2D eigenvalue weighted by molar-refractivity contribution is 5.74. The molecule has 0 fully saturated rings. The Hall–Kier alpha value is -4.17. The molecule has 0 saturated carbocycles. The standard InChI is InChI=1S/C37H37NO/c1-5-26(3)33-24-32(25-34(37(33)39)27(4)6-2)38-35(29-18-12-8-13-19-29)22-31(28-16-10-7-11-17-28)23-36(38)30-20-14-9-15-21-30/h7-27H,5-6H2,1-4H3/p+1/t26-,27-/m0/s1. The highest BCUT2D eigenvalue weighted by Gasteiger charge is 2.28. The van der Waals surface area contributed by atoms with E-state index in [1.807, 2.05) is 0 Å². The first-order chi connectivity index (χ1) is 19.0. The van der Waals surface area contributed by atoms with Gasteiger partial charge in [-0.25, -0.2) is 0 Å². The third kappa shape index (κ3) is 5.38. The van der Waals surface area contributed by atoms with Crippen LogP contribution in [0.2, 0.25) is 0 Å². The molecule has 0 aliphatic carbocycles. The monoisotopic (exact) mass is 512 g/mol. The van der Waals surface area contributed by atoms with E-state index in [2.05, 4.69) is 148 Å². The first kappa shape index (κ1) is 26.4. The average molecular weight is 513 g/mol. The first-order valence-corrected chi connectivity index (χ1v) is 14.1. The summed E-state index contributed by atoms with van der Waals surface area (Å²) >= 11 is 0. The van der Waals surface area contributed by atoms with Crippen LogP contribution in [-0.2, 0) is 0 Å². The number of phenols is 1. The molecule has 0 amide bonds. The van der Waals surface area contributed by atoms with Crippen molar-refractivity contribution in [1.82, 2.24) is 0 Å². The Morgan fingerprint density at radius 2 is 0.923 bits per heavy atom. The summed E-state index contributed by atoms with van der Waals surface area (Å²) in [4.78, 5) is 0. The molecule has 0 aliphatic rings. The number of hydrogen-bond donors (Lipinski definition) is 1. The van der Waals surface area contributed by atoms with E-state index >= 15 is 0 Å². The van der Waals surface area contributed by atoms with Crippen molar-refractivity contribution in [2.45, 2.75) is 52.4 Å². The first-order valence-electron chi connectivity index (χ1n) is 14.1. The summed E-state index contributed by atoms with van der Waals surface area (Å²) in [7, 11) is 0. The molecule has 0 saturated heterocycles. The van der Waals surface area contributed by atoms with Crippen molar-refractivity contribution in [3.8, 4) is 45.1 Å². The fourth-order valence-electron chi connectivity index (χ4n) is 5.30. The number of aromatic nitrogens is 1. The highest BCUT2D eigenvalue weighted by Crippen LogP contribution is 2.39. The summed E-state index contributed by atoms with van der Waals surface area (Å²) < 4.78 is 2.38. The Bertz CT molecular complexity index is 1450. The second kappa shape index (κ2) is 11.7. The molecule has 1 heterocycles. The molecule has 0 unspecified atom stereocenters. The van der Waals surface area contributed by atoms with E-state index in [1.165, 1.54) is 11.1 Å². The second-order valence-electron chi connectivity index (χ2n) is 10.5. The molecule has 2 nitrogen and oxygen atoms in total. The summed E-state index contributed by atoms with van der Waals surface area (Å²) in [6.07, 6.45) is 1.93. The van der Waals surface area contributed by atoms with Crippen molar-refractivity contribution in [2.24, 2.45) is 0 Å². The number of nitrogens with zero attached hydrogens (tertiary/aromatic N) is 1. The molecule has 5 aromatic rings. The minimum Gasteiger partial charge on any atom is -0.507 e. The van der Waals surface area contributed by atoms with Crippen LogP contribution in [0.15, 0.2) is 115 Å². The van der Waals surface area contributed by atoms with E-state index in [4.69, 9.17) is 0 Å². The van der Waals surface area contributed by atoms with Gasteiger partial charge in [0.2, 0.25) is 17.1 Å². The second-order valence-corrected chi connectivity index (χ2v) is 10.5. The predicted molar refractivity (Wildman–Crippen MR) is 163 cm³/mol. The number of pyridine rings is 1. The van der Waals surface area contributed by atoms with Gasteiger partial charge in [0.05, 0.1) is 0 Å². The maximum absolute atomic E-state index is 11.4. The van der Waals surface area contributed by atoms with Crippen LogP contribution in [0.1, 0.15) is 63.5 Å². The van der Waals surface area contributed by atoms with Gasteiger partial charge in [0.25, 0.3) is 0 Å². The van der Waals surface area contributed by atoms with Crippen LogP contribution in [0.5, 0.6) is 5.75 Å². The van der Waals surface area contributed by atoms with E-state index in [0.29, 0.717) is 5.75 Å². The topological polar surface area (TPSA) is 24.1 Å². The van der Waals surface area contributed by atoms with Crippen LogP contribution in [0.4, 0.5) is 0 Å². The van der Waals surface area contributed by atoms with Gasteiger partial charge in [-0.3, -0.25) is 0 Å². The minimum atomic E-state index is 0.247. The number of phenolic OH excluding ortho intramolecular Hbond substituents is 1. The van der Waals surface area contributed by atoms with Gasteiger partial charge >= 0.3 is 0 Å². The van der Waals surface area contributed by atoms with Gasteiger partial charge in [0.1, 0.15) is 5.75 Å². The zero-order valence-electron chi connectivity index (χ0n) is 23.4. The van der Waals surface area contributed by atoms with Gasteiger partial charge in [0, 0.05) is 46.5 Å². The lowest BCUT2D eigenvalue weighted by atomic mass is 9.89. The number of rotatable bonds is 8. The van der Waals surface area contributed by atoms with Crippen molar-refractivity contribution >= 4 is 0 Å². The van der Waals surface area contributed by atoms with Crippen LogP contribution in [0.25, 0.3) is 39.3 Å². The smallest absolute Gasteiger partial charge is 0.219 e. The fourth-order valence-corrected chi connectivity index (χ4v) is 5.30. The third-order valence-electron chi connectivity index (χ3n) is 8.01. The van der Waals surface area contributed by atoms with E-state index in [1.54, 1.807) is 0 Å². The van der Waals surface area contributed by atoms with Gasteiger partial charge in [-0.1, -0.05) is 94.4 Å². The number of aromatic hydroxyl groups is 1. The molecule has 5 rings (SSSR count). The zero-order chi connectivity index (χ0) is 27.4. The number of benzene rings is 4. The lowest BCUT2D eigenvalue weighted by molar-refractivity contribution is -0.572. The molecular formula is C37H38NO+.